The highest BCUT2D eigenvalue weighted by molar-refractivity contribution is 5.72. The third-order valence-corrected chi connectivity index (χ3v) is 18.4. The van der Waals surface area contributed by atoms with E-state index < -0.39 is 97.9 Å². The number of carbonyl (C=O) groups is 1. The lowest BCUT2D eigenvalue weighted by molar-refractivity contribution is -0.389. The summed E-state index contributed by atoms with van der Waals surface area (Å²) in [6.45, 7) is 14.9. The summed E-state index contributed by atoms with van der Waals surface area (Å²) < 4.78 is 57.1. The van der Waals surface area contributed by atoms with Gasteiger partial charge in [-0.1, -0.05) is 39.3 Å². The van der Waals surface area contributed by atoms with E-state index >= 15 is 0 Å². The molecule has 18 heteroatoms. The SMILES string of the molecule is CC(=O)NCCOC[C@H]1O[C@@H](O[C@H]2CC[C@@]3(C)C(=CC[C@H]4[C@@H]5C[C@@H]6O[C@]7(CC[C@@H](C)CO7)[C@@H](C)[C@@H]6[C@@]5(C)CC[C@@H]43)C2)[C@H](O[C@@H]2O[C@@H](C)[C@H](O)[C@@H](O)[C@H]2O)[C@@H](O)[C@@H]1O[C@@H]1O[C@@H](C)[C@H](O)[C@@H](O)[C@H]1O. The monoisotopic (exact) mass is 954 g/mol. The number of carbonyl (C=O) groups excluding carboxylic acids is 1. The number of aliphatic hydroxyl groups is 7. The smallest absolute Gasteiger partial charge is 0.216 e. The van der Waals surface area contributed by atoms with E-state index in [0.717, 1.165) is 51.6 Å². The van der Waals surface area contributed by atoms with Crippen LogP contribution in [0.1, 0.15) is 106 Å². The van der Waals surface area contributed by atoms with E-state index in [9.17, 15) is 40.5 Å². The molecule has 0 aromatic carbocycles. The van der Waals surface area contributed by atoms with Crippen LogP contribution in [-0.2, 0) is 47.4 Å². The van der Waals surface area contributed by atoms with E-state index in [-0.39, 0.29) is 48.7 Å². The third kappa shape index (κ3) is 9.11. The van der Waals surface area contributed by atoms with Gasteiger partial charge in [-0.3, -0.25) is 4.79 Å². The summed E-state index contributed by atoms with van der Waals surface area (Å²) in [5.74, 6) is 2.33. The number of hydrogen-bond donors (Lipinski definition) is 8. The molecule has 1 amide bonds. The number of hydrogen-bond acceptors (Lipinski definition) is 17. The standard InChI is InChI=1S/C49H79NO17/c1-22-10-15-49(60-20-22)23(2)34-32(67-49)19-31-29-9-8-27-18-28(11-13-47(27,6)30(29)12-14-48(31,34)7)63-46-43(66-45-40(57)38(55)36(53)25(4)62-45)41(58)42(33(64-46)21-59-17-16-50-26(5)51)65-44-39(56)37(54)35(52)24(3)61-44/h8,22-25,28-46,52-58H,9-21H2,1-7H3,(H,50,51)/t22-,23+,24+,25+,28+,29-,30+,31+,32+,33-,34+,35+,36+,37-,38-,39-,40-,41+,42-,43-,44+,45+,46-,47+,48+,49-/m1/s1. The van der Waals surface area contributed by atoms with Crippen molar-refractivity contribution in [1.82, 2.24) is 5.32 Å². The Labute approximate surface area is 394 Å². The second-order valence-electron chi connectivity index (χ2n) is 22.4. The minimum Gasteiger partial charge on any atom is -0.388 e. The zero-order chi connectivity index (χ0) is 47.9. The summed E-state index contributed by atoms with van der Waals surface area (Å²) in [4.78, 5) is 11.6. The number of allylic oxidation sites excluding steroid dienone is 1. The lowest BCUT2D eigenvalue weighted by Gasteiger charge is -2.59. The van der Waals surface area contributed by atoms with Gasteiger partial charge in [0.15, 0.2) is 24.7 Å². The normalized spacial score (nSPS) is 54.1. The van der Waals surface area contributed by atoms with Crippen molar-refractivity contribution in [2.45, 2.75) is 216 Å². The molecule has 5 heterocycles. The fourth-order valence-electron chi connectivity index (χ4n) is 14.5. The van der Waals surface area contributed by atoms with Crippen LogP contribution in [-0.4, -0.2) is 178 Å². The molecule has 9 rings (SSSR count). The van der Waals surface area contributed by atoms with Crippen LogP contribution in [0.5, 0.6) is 0 Å². The lowest BCUT2D eigenvalue weighted by Crippen LogP contribution is -2.66. The fraction of sp³-hybridized carbons (Fsp3) is 0.939. The van der Waals surface area contributed by atoms with Crippen LogP contribution in [0.3, 0.4) is 0 Å². The highest BCUT2D eigenvalue weighted by Crippen LogP contribution is 2.70. The molecule has 382 valence electrons. The van der Waals surface area contributed by atoms with Gasteiger partial charge in [-0.05, 0) is 106 Å². The van der Waals surface area contributed by atoms with Crippen LogP contribution in [0.4, 0.5) is 0 Å². The number of rotatable bonds is 11. The molecule has 8 N–H and O–H groups in total. The van der Waals surface area contributed by atoms with E-state index in [4.69, 9.17) is 42.6 Å². The van der Waals surface area contributed by atoms with Crippen LogP contribution in [0.2, 0.25) is 0 Å². The Morgan fingerprint density at radius 2 is 1.43 bits per heavy atom. The predicted molar refractivity (Wildman–Crippen MR) is 235 cm³/mol. The number of aliphatic hydroxyl groups excluding tert-OH is 7. The maximum absolute atomic E-state index is 12.3. The maximum Gasteiger partial charge on any atom is 0.216 e. The highest BCUT2D eigenvalue weighted by Gasteiger charge is 2.69. The molecule has 5 saturated heterocycles. The zero-order valence-electron chi connectivity index (χ0n) is 40.3. The molecule has 67 heavy (non-hydrogen) atoms. The van der Waals surface area contributed by atoms with Gasteiger partial charge in [0.25, 0.3) is 0 Å². The van der Waals surface area contributed by atoms with Crippen molar-refractivity contribution in [3.8, 4) is 0 Å². The average Bonchev–Trinajstić information content (AvgIpc) is 3.74. The Balaban J connectivity index is 0.938. The fourth-order valence-corrected chi connectivity index (χ4v) is 14.5. The Morgan fingerprint density at radius 1 is 0.761 bits per heavy atom. The lowest BCUT2D eigenvalue weighted by atomic mass is 9.47. The minimum absolute atomic E-state index is 0.0343. The van der Waals surface area contributed by atoms with Crippen molar-refractivity contribution >= 4 is 5.91 Å². The first-order valence-corrected chi connectivity index (χ1v) is 25.3. The molecular formula is C49H79NO17. The first kappa shape index (κ1) is 50.5. The molecule has 5 aliphatic heterocycles. The highest BCUT2D eigenvalue weighted by atomic mass is 16.8. The van der Waals surface area contributed by atoms with Crippen molar-refractivity contribution in [2.24, 2.45) is 46.3 Å². The van der Waals surface area contributed by atoms with Crippen LogP contribution < -0.4 is 5.32 Å². The summed E-state index contributed by atoms with van der Waals surface area (Å²) in [7, 11) is 0. The third-order valence-electron chi connectivity index (χ3n) is 18.4. The molecule has 0 radical (unpaired) electrons. The summed E-state index contributed by atoms with van der Waals surface area (Å²) in [6, 6.07) is 0. The van der Waals surface area contributed by atoms with E-state index in [1.807, 2.05) is 0 Å². The van der Waals surface area contributed by atoms with Crippen LogP contribution in [0.15, 0.2) is 11.6 Å². The molecule has 3 saturated carbocycles. The number of nitrogens with one attached hydrogen (secondary N) is 1. The zero-order valence-corrected chi connectivity index (χ0v) is 40.3. The summed E-state index contributed by atoms with van der Waals surface area (Å²) >= 11 is 0. The van der Waals surface area contributed by atoms with Crippen molar-refractivity contribution in [3.05, 3.63) is 11.6 Å². The van der Waals surface area contributed by atoms with Crippen molar-refractivity contribution in [3.63, 3.8) is 0 Å². The molecule has 0 aromatic heterocycles. The van der Waals surface area contributed by atoms with Gasteiger partial charge >= 0.3 is 0 Å². The Kier molecular flexibility index (Phi) is 14.7. The van der Waals surface area contributed by atoms with E-state index in [1.165, 1.54) is 26.3 Å². The largest absolute Gasteiger partial charge is 0.388 e. The molecular weight excluding hydrogens is 875 g/mol. The first-order valence-electron chi connectivity index (χ1n) is 25.3. The second kappa shape index (κ2) is 19.5. The Morgan fingerprint density at radius 3 is 2.07 bits per heavy atom. The van der Waals surface area contributed by atoms with Crippen LogP contribution >= 0.6 is 0 Å². The summed E-state index contributed by atoms with van der Waals surface area (Å²) in [5, 5.41) is 79.3. The molecule has 26 atom stereocenters. The molecule has 18 nitrogen and oxygen atoms in total. The summed E-state index contributed by atoms with van der Waals surface area (Å²) in [5.41, 5.74) is 1.50. The molecule has 4 aliphatic carbocycles. The second-order valence-corrected chi connectivity index (χ2v) is 22.4. The number of ether oxygens (including phenoxy) is 9. The van der Waals surface area contributed by atoms with Crippen LogP contribution in [0.25, 0.3) is 0 Å². The van der Waals surface area contributed by atoms with Crippen LogP contribution in [0, 0.1) is 46.3 Å². The van der Waals surface area contributed by atoms with E-state index in [2.05, 4.69) is 39.1 Å². The quantitative estimate of drug-likeness (QED) is 0.108. The first-order chi connectivity index (χ1) is 31.8. The topological polar surface area (TPSA) is 254 Å². The molecule has 8 fully saturated rings. The molecule has 1 spiro atoms. The summed E-state index contributed by atoms with van der Waals surface area (Å²) in [6.07, 6.45) is -10.4. The minimum atomic E-state index is -1.72. The maximum atomic E-state index is 12.3. The molecule has 0 aromatic rings. The Bertz CT molecular complexity index is 1770. The van der Waals surface area contributed by atoms with Crippen molar-refractivity contribution < 1.29 is 83.2 Å². The Hall–Kier alpha value is -1.43. The molecule has 0 bridgehead atoms. The van der Waals surface area contributed by atoms with E-state index in [1.54, 1.807) is 0 Å². The van der Waals surface area contributed by atoms with E-state index in [0.29, 0.717) is 48.3 Å². The number of fused-ring (bicyclic) bond motifs is 7. The van der Waals surface area contributed by atoms with Gasteiger partial charge in [-0.25, -0.2) is 0 Å². The van der Waals surface area contributed by atoms with Gasteiger partial charge in [0, 0.05) is 25.8 Å². The van der Waals surface area contributed by atoms with Gasteiger partial charge in [0.05, 0.1) is 44.2 Å². The van der Waals surface area contributed by atoms with Gasteiger partial charge in [-0.2, -0.15) is 0 Å². The van der Waals surface area contributed by atoms with Gasteiger partial charge in [0.1, 0.15) is 61.0 Å². The van der Waals surface area contributed by atoms with Gasteiger partial charge in [0.2, 0.25) is 5.91 Å². The predicted octanol–water partition coefficient (Wildman–Crippen LogP) is 1.40. The molecule has 9 aliphatic rings. The number of amides is 1. The van der Waals surface area contributed by atoms with Gasteiger partial charge in [-0.15, -0.1) is 0 Å². The van der Waals surface area contributed by atoms with Gasteiger partial charge < -0.3 is 83.7 Å². The molecule has 0 unspecified atom stereocenters. The average molecular weight is 954 g/mol. The van der Waals surface area contributed by atoms with Crippen molar-refractivity contribution in [2.75, 3.05) is 26.4 Å². The van der Waals surface area contributed by atoms with Crippen molar-refractivity contribution in [1.29, 1.82) is 0 Å².